The van der Waals surface area contributed by atoms with Gasteiger partial charge in [0.25, 0.3) is 0 Å². The molecule has 129 valence electrons. The van der Waals surface area contributed by atoms with Gasteiger partial charge in [0.05, 0.1) is 13.1 Å². The Morgan fingerprint density at radius 1 is 1.00 bits per heavy atom. The van der Waals surface area contributed by atoms with Crippen LogP contribution < -0.4 is 11.1 Å². The Balaban J connectivity index is -0.0000000343. The Morgan fingerprint density at radius 3 is 1.45 bits per heavy atom. The summed E-state index contributed by atoms with van der Waals surface area (Å²) in [4.78, 5) is 0. The molecule has 3 atom stereocenters. The standard InChI is InChI=1S/C5H13N.C5H13P.C4H11N.2CH4.V/c1-4-5(2)6-3;1-2-3-4-5-6;1-3-4(2)5;;;/h5-6H,4H2,1-3H3;2-6H2,1H3;4H,3,5H2,1-2H3;2*1H4;/p+1. The zero-order valence-electron chi connectivity index (χ0n) is 13.6. The van der Waals surface area contributed by atoms with Crippen molar-refractivity contribution in [2.24, 2.45) is 5.73 Å². The Hall–Kier alpha value is 0.934. The first-order valence-electron chi connectivity index (χ1n) is 7.24. The van der Waals surface area contributed by atoms with Crippen molar-refractivity contribution in [3.05, 3.63) is 0 Å². The number of hydrogen-bond acceptors (Lipinski definition) is 1. The van der Waals surface area contributed by atoms with E-state index in [0.29, 0.717) is 6.04 Å². The first-order valence-corrected chi connectivity index (χ1v) is 8.06. The van der Waals surface area contributed by atoms with Crippen molar-refractivity contribution in [3.8, 4) is 0 Å². The predicted molar refractivity (Wildman–Crippen MR) is 99.1 cm³/mol. The van der Waals surface area contributed by atoms with Crippen molar-refractivity contribution in [2.45, 2.75) is 93.7 Å². The van der Waals surface area contributed by atoms with Gasteiger partial charge in [-0.1, -0.05) is 48.5 Å². The van der Waals surface area contributed by atoms with Crippen LogP contribution in [0.2, 0.25) is 0 Å². The van der Waals surface area contributed by atoms with Crippen LogP contribution in [0.25, 0.3) is 0 Å². The zero-order valence-corrected chi connectivity index (χ0v) is 16.1. The van der Waals surface area contributed by atoms with Gasteiger partial charge in [0.2, 0.25) is 0 Å². The molecule has 3 unspecified atom stereocenters. The molecule has 0 aliphatic heterocycles. The van der Waals surface area contributed by atoms with E-state index in [1.807, 2.05) is 6.92 Å². The molecule has 4 heteroatoms. The zero-order chi connectivity index (χ0) is 14.1. The van der Waals surface area contributed by atoms with Gasteiger partial charge < -0.3 is 11.1 Å². The van der Waals surface area contributed by atoms with Gasteiger partial charge in [-0.05, 0) is 39.3 Å². The maximum absolute atomic E-state index is 5.29. The van der Waals surface area contributed by atoms with Gasteiger partial charge in [0.15, 0.2) is 0 Å². The average molecular weight is 348 g/mol. The second kappa shape index (κ2) is 36.8. The first kappa shape index (κ1) is 37.3. The Morgan fingerprint density at radius 2 is 1.40 bits per heavy atom. The van der Waals surface area contributed by atoms with Gasteiger partial charge >= 0.3 is 0 Å². The van der Waals surface area contributed by atoms with E-state index in [9.17, 15) is 0 Å². The Kier molecular flexibility index (Phi) is 68.6. The summed E-state index contributed by atoms with van der Waals surface area (Å²) in [5.74, 6) is 0. The molecule has 0 bridgehead atoms. The minimum absolute atomic E-state index is 0. The molecule has 0 aromatic rings. The van der Waals surface area contributed by atoms with Crippen LogP contribution in [0.5, 0.6) is 0 Å². The molecule has 0 saturated carbocycles. The molecule has 0 aliphatic carbocycles. The minimum Gasteiger partial charge on any atom is -0.347 e. The van der Waals surface area contributed by atoms with Crippen molar-refractivity contribution < 1.29 is 23.9 Å². The molecule has 1 radical (unpaired) electrons. The molecular formula is C16H46N2PV+. The molecule has 0 spiro atoms. The maximum atomic E-state index is 5.29. The smallest absolute Gasteiger partial charge is 0.0825 e. The summed E-state index contributed by atoms with van der Waals surface area (Å²) in [7, 11) is 4.83. The molecule has 0 aromatic carbocycles. The molecule has 0 heterocycles. The van der Waals surface area contributed by atoms with Crippen LogP contribution in [-0.2, 0) is 18.6 Å². The van der Waals surface area contributed by atoms with Gasteiger partial charge in [0.1, 0.15) is 0 Å². The van der Waals surface area contributed by atoms with Gasteiger partial charge in [0, 0.05) is 24.6 Å². The molecule has 0 saturated heterocycles. The number of unbranched alkanes of at least 4 members (excludes halogenated alkanes) is 2. The molecule has 4 N–H and O–H groups in total. The SMILES string of the molecule is C.C.CCC(C)N.CCC(C)[NH2+]C.CCCCCP.[V]. The summed E-state index contributed by atoms with van der Waals surface area (Å²) in [5, 5.41) is 2.22. The van der Waals surface area contributed by atoms with E-state index in [-0.39, 0.29) is 33.4 Å². The normalized spacial score (nSPS) is 10.8. The van der Waals surface area contributed by atoms with Crippen LogP contribution in [0.3, 0.4) is 0 Å². The molecule has 0 aliphatic rings. The fourth-order valence-corrected chi connectivity index (χ4v) is 0.919. The minimum atomic E-state index is 0. The summed E-state index contributed by atoms with van der Waals surface area (Å²) in [6.45, 7) is 10.7. The van der Waals surface area contributed by atoms with Crippen molar-refractivity contribution in [1.82, 2.24) is 0 Å². The Bertz CT molecular complexity index is 107. The van der Waals surface area contributed by atoms with Gasteiger partial charge in [-0.2, -0.15) is 0 Å². The van der Waals surface area contributed by atoms with Crippen molar-refractivity contribution in [1.29, 1.82) is 0 Å². The number of nitrogens with two attached hydrogens (primary N) is 2. The van der Waals surface area contributed by atoms with E-state index in [1.165, 1.54) is 31.8 Å². The third kappa shape index (κ3) is 61.7. The summed E-state index contributed by atoms with van der Waals surface area (Å²) >= 11 is 0. The molecule has 20 heavy (non-hydrogen) atoms. The van der Waals surface area contributed by atoms with Crippen LogP contribution in [0.15, 0.2) is 0 Å². The quantitative estimate of drug-likeness (QED) is 0.552. The second-order valence-corrected chi connectivity index (χ2v) is 5.18. The molecule has 2 nitrogen and oxygen atoms in total. The third-order valence-corrected chi connectivity index (χ3v) is 3.07. The van der Waals surface area contributed by atoms with Crippen LogP contribution in [0, 0.1) is 0 Å². The number of rotatable bonds is 6. The van der Waals surface area contributed by atoms with E-state index in [1.54, 1.807) is 0 Å². The van der Waals surface area contributed by atoms with E-state index >= 15 is 0 Å². The summed E-state index contributed by atoms with van der Waals surface area (Å²) < 4.78 is 0. The Labute approximate surface area is 145 Å². The molecule has 0 amide bonds. The fourth-order valence-electron chi connectivity index (χ4n) is 0.630. The van der Waals surface area contributed by atoms with Crippen LogP contribution in [0.4, 0.5) is 0 Å². The van der Waals surface area contributed by atoms with Gasteiger partial charge in [-0.25, -0.2) is 0 Å². The van der Waals surface area contributed by atoms with Crippen molar-refractivity contribution >= 4 is 9.24 Å². The van der Waals surface area contributed by atoms with Gasteiger partial charge in [-0.15, -0.1) is 9.24 Å². The van der Waals surface area contributed by atoms with Crippen molar-refractivity contribution in [2.75, 3.05) is 13.2 Å². The van der Waals surface area contributed by atoms with Gasteiger partial charge in [-0.3, -0.25) is 0 Å². The maximum Gasteiger partial charge on any atom is 0.0825 e. The van der Waals surface area contributed by atoms with E-state index in [4.69, 9.17) is 5.73 Å². The fraction of sp³-hybridized carbons (Fsp3) is 1.00. The van der Waals surface area contributed by atoms with Crippen LogP contribution in [0.1, 0.15) is 81.6 Å². The largest absolute Gasteiger partial charge is 0.347 e. The topological polar surface area (TPSA) is 42.6 Å². The van der Waals surface area contributed by atoms with E-state index < -0.39 is 0 Å². The van der Waals surface area contributed by atoms with Crippen LogP contribution in [-0.4, -0.2) is 25.3 Å². The van der Waals surface area contributed by atoms with E-state index in [2.05, 4.69) is 49.3 Å². The summed E-state index contributed by atoms with van der Waals surface area (Å²) in [5.41, 5.74) is 5.29. The predicted octanol–water partition coefficient (Wildman–Crippen LogP) is 4.04. The summed E-state index contributed by atoms with van der Waals surface area (Å²) in [6.07, 6.45) is 7.74. The number of quaternary nitrogens is 1. The third-order valence-electron chi connectivity index (χ3n) is 2.66. The molecule has 0 fully saturated rings. The second-order valence-electron chi connectivity index (χ2n) is 4.60. The monoisotopic (exact) mass is 348 g/mol. The average Bonchev–Trinajstić information content (AvgIpc) is 2.36. The molecular weight excluding hydrogens is 302 g/mol. The number of hydrogen-bond donors (Lipinski definition) is 2. The molecule has 0 aromatic heterocycles. The first-order chi connectivity index (χ1) is 7.99. The summed E-state index contributed by atoms with van der Waals surface area (Å²) in [6, 6.07) is 1.19. The molecule has 0 rings (SSSR count). The van der Waals surface area contributed by atoms with E-state index in [0.717, 1.165) is 12.5 Å². The van der Waals surface area contributed by atoms with Crippen molar-refractivity contribution in [3.63, 3.8) is 0 Å². The van der Waals surface area contributed by atoms with Crippen LogP contribution >= 0.6 is 9.24 Å².